The van der Waals surface area contributed by atoms with Crippen molar-refractivity contribution in [2.24, 2.45) is 0 Å². The Hall–Kier alpha value is -3.71. The second-order valence-electron chi connectivity index (χ2n) is 10.6. The van der Waals surface area contributed by atoms with Gasteiger partial charge in [0, 0.05) is 37.4 Å². The minimum atomic E-state index is -0.679. The van der Waals surface area contributed by atoms with E-state index in [4.69, 9.17) is 33.2 Å². The fourth-order valence-electron chi connectivity index (χ4n) is 3.88. The number of rotatable bonds is 18. The summed E-state index contributed by atoms with van der Waals surface area (Å²) < 4.78 is 38.0. The number of hydrogen-bond donors (Lipinski definition) is 2. The van der Waals surface area contributed by atoms with Crippen LogP contribution in [0.5, 0.6) is 11.5 Å². The van der Waals surface area contributed by atoms with E-state index in [1.54, 1.807) is 45.4 Å². The zero-order chi connectivity index (χ0) is 31.8. The minimum absolute atomic E-state index is 0.0724. The van der Waals surface area contributed by atoms with E-state index in [0.717, 1.165) is 5.56 Å². The summed E-state index contributed by atoms with van der Waals surface area (Å²) in [6.45, 7) is 8.69. The normalized spacial score (nSPS) is 11.9. The van der Waals surface area contributed by atoms with Crippen LogP contribution in [0.4, 0.5) is 4.79 Å². The number of carbonyl (C=O) groups is 3. The molecule has 2 aromatic rings. The Morgan fingerprint density at radius 3 is 2.12 bits per heavy atom. The summed E-state index contributed by atoms with van der Waals surface area (Å²) in [5.74, 6) is -0.494. The molecule has 2 amide bonds. The molecule has 0 heterocycles. The molecular formula is C31H44N2O10. The topological polar surface area (TPSA) is 140 Å². The Labute approximate surface area is 253 Å². The largest absolute Gasteiger partial charge is 0.469 e. The molecule has 0 radical (unpaired) electrons. The number of methoxy groups -OCH3 is 3. The van der Waals surface area contributed by atoms with E-state index < -0.39 is 17.4 Å². The molecule has 0 aliphatic carbocycles. The van der Waals surface area contributed by atoms with Crippen LogP contribution in [0.15, 0.2) is 30.3 Å². The standard InChI is InChI=1S/C31H44N2O10/c1-21(29(35)39-7)23-15-24(18-34)28(43-20-41-13-11-38-6)26(16-23)25-14-22(17-32-30(36)33-31(2,3)4)8-9-27(25)42-19-40-12-10-37-5/h8-9,14-16,18,21H,10-13,17,19-20H2,1-7H3,(H2,32,33,36). The lowest BCUT2D eigenvalue weighted by atomic mass is 9.91. The van der Waals surface area contributed by atoms with Crippen LogP contribution < -0.4 is 20.1 Å². The molecule has 238 valence electrons. The monoisotopic (exact) mass is 604 g/mol. The Kier molecular flexibility index (Phi) is 14.9. The smallest absolute Gasteiger partial charge is 0.315 e. The summed E-state index contributed by atoms with van der Waals surface area (Å²) in [4.78, 5) is 37.2. The summed E-state index contributed by atoms with van der Waals surface area (Å²) in [6, 6.07) is 8.37. The molecule has 2 aromatic carbocycles. The molecule has 12 nitrogen and oxygen atoms in total. The highest BCUT2D eigenvalue weighted by molar-refractivity contribution is 5.90. The van der Waals surface area contributed by atoms with E-state index in [-0.39, 0.29) is 44.1 Å². The Balaban J connectivity index is 2.60. The quantitative estimate of drug-likeness (QED) is 0.111. The Bertz CT molecular complexity index is 1200. The van der Waals surface area contributed by atoms with Gasteiger partial charge in [0.05, 0.1) is 45.0 Å². The summed E-state index contributed by atoms with van der Waals surface area (Å²) in [5, 5.41) is 5.72. The van der Waals surface area contributed by atoms with Crippen LogP contribution in [0, 0.1) is 0 Å². The Morgan fingerprint density at radius 1 is 0.884 bits per heavy atom. The molecule has 0 aliphatic rings. The number of ether oxygens (including phenoxy) is 7. The van der Waals surface area contributed by atoms with Crippen LogP contribution in [0.2, 0.25) is 0 Å². The van der Waals surface area contributed by atoms with Crippen LogP contribution in [0.3, 0.4) is 0 Å². The fraction of sp³-hybridized carbons (Fsp3) is 0.516. The van der Waals surface area contributed by atoms with Gasteiger partial charge in [-0.25, -0.2) is 4.79 Å². The number of benzene rings is 2. The van der Waals surface area contributed by atoms with E-state index in [9.17, 15) is 14.4 Å². The van der Waals surface area contributed by atoms with E-state index in [1.807, 2.05) is 26.8 Å². The van der Waals surface area contributed by atoms with Gasteiger partial charge >= 0.3 is 12.0 Å². The van der Waals surface area contributed by atoms with Crippen molar-refractivity contribution in [3.05, 3.63) is 47.0 Å². The summed E-state index contributed by atoms with van der Waals surface area (Å²) in [6.07, 6.45) is 0.651. The molecular weight excluding hydrogens is 560 g/mol. The minimum Gasteiger partial charge on any atom is -0.469 e. The molecule has 0 saturated heterocycles. The zero-order valence-corrected chi connectivity index (χ0v) is 26.1. The molecule has 1 atom stereocenters. The van der Waals surface area contributed by atoms with Crippen LogP contribution in [0.25, 0.3) is 11.1 Å². The molecule has 2 N–H and O–H groups in total. The van der Waals surface area contributed by atoms with Gasteiger partial charge in [0.2, 0.25) is 0 Å². The first-order chi connectivity index (χ1) is 20.5. The van der Waals surface area contributed by atoms with Gasteiger partial charge in [0.15, 0.2) is 19.9 Å². The van der Waals surface area contributed by atoms with Crippen molar-refractivity contribution >= 4 is 18.3 Å². The van der Waals surface area contributed by atoms with Crippen molar-refractivity contribution in [3.63, 3.8) is 0 Å². The molecule has 12 heteroatoms. The Morgan fingerprint density at radius 2 is 1.53 bits per heavy atom. The molecule has 0 aromatic heterocycles. The lowest BCUT2D eigenvalue weighted by Gasteiger charge is -2.22. The lowest BCUT2D eigenvalue weighted by Crippen LogP contribution is -2.46. The molecule has 1 unspecified atom stereocenters. The molecule has 0 saturated carbocycles. The van der Waals surface area contributed by atoms with Crippen molar-refractivity contribution in [2.75, 3.05) is 61.3 Å². The van der Waals surface area contributed by atoms with E-state index >= 15 is 0 Å². The maximum absolute atomic E-state index is 12.4. The van der Waals surface area contributed by atoms with Gasteiger partial charge in [0.25, 0.3) is 0 Å². The number of carbonyl (C=O) groups excluding carboxylic acids is 3. The highest BCUT2D eigenvalue weighted by Gasteiger charge is 2.23. The average molecular weight is 605 g/mol. The van der Waals surface area contributed by atoms with Crippen molar-refractivity contribution < 1.29 is 47.5 Å². The van der Waals surface area contributed by atoms with Gasteiger partial charge in [-0.2, -0.15) is 0 Å². The first-order valence-electron chi connectivity index (χ1n) is 13.8. The van der Waals surface area contributed by atoms with Crippen molar-refractivity contribution in [3.8, 4) is 22.6 Å². The fourth-order valence-corrected chi connectivity index (χ4v) is 3.88. The number of aldehydes is 1. The molecule has 0 fully saturated rings. The number of amides is 2. The lowest BCUT2D eigenvalue weighted by molar-refractivity contribution is -0.142. The SMILES string of the molecule is COCCOCOc1ccc(CNC(=O)NC(C)(C)C)cc1-c1cc(C(C)C(=O)OC)cc(C=O)c1OCOCCOC. The van der Waals surface area contributed by atoms with Gasteiger partial charge in [-0.05, 0) is 63.1 Å². The molecule has 0 aliphatic heterocycles. The van der Waals surface area contributed by atoms with Gasteiger partial charge in [-0.15, -0.1) is 0 Å². The summed E-state index contributed by atoms with van der Waals surface area (Å²) >= 11 is 0. The van der Waals surface area contributed by atoms with Crippen LogP contribution in [-0.2, 0) is 35.0 Å². The van der Waals surface area contributed by atoms with Gasteiger partial charge in [-0.1, -0.05) is 6.07 Å². The van der Waals surface area contributed by atoms with Gasteiger partial charge in [-0.3, -0.25) is 9.59 Å². The first kappa shape index (κ1) is 35.5. The second-order valence-corrected chi connectivity index (χ2v) is 10.6. The maximum Gasteiger partial charge on any atom is 0.315 e. The van der Waals surface area contributed by atoms with E-state index in [0.29, 0.717) is 48.5 Å². The van der Waals surface area contributed by atoms with Crippen LogP contribution in [0.1, 0.15) is 55.1 Å². The maximum atomic E-state index is 12.4. The van der Waals surface area contributed by atoms with Gasteiger partial charge in [0.1, 0.15) is 11.5 Å². The third-order valence-electron chi connectivity index (χ3n) is 6.05. The molecule has 2 rings (SSSR count). The third kappa shape index (κ3) is 11.8. The number of esters is 1. The van der Waals surface area contributed by atoms with Crippen molar-refractivity contribution in [1.29, 1.82) is 0 Å². The third-order valence-corrected chi connectivity index (χ3v) is 6.05. The zero-order valence-electron chi connectivity index (χ0n) is 26.1. The highest BCUT2D eigenvalue weighted by atomic mass is 16.7. The summed E-state index contributed by atoms with van der Waals surface area (Å²) in [7, 11) is 4.43. The van der Waals surface area contributed by atoms with Gasteiger partial charge < -0.3 is 43.8 Å². The number of urea groups is 1. The van der Waals surface area contributed by atoms with Crippen LogP contribution >= 0.6 is 0 Å². The average Bonchev–Trinajstić information content (AvgIpc) is 2.98. The predicted octanol–water partition coefficient (Wildman–Crippen LogP) is 4.04. The predicted molar refractivity (Wildman–Crippen MR) is 159 cm³/mol. The first-order valence-corrected chi connectivity index (χ1v) is 13.8. The number of nitrogens with one attached hydrogen (secondary N) is 2. The molecule has 43 heavy (non-hydrogen) atoms. The van der Waals surface area contributed by atoms with Crippen LogP contribution in [-0.4, -0.2) is 85.2 Å². The van der Waals surface area contributed by atoms with E-state index in [1.165, 1.54) is 7.11 Å². The second kappa shape index (κ2) is 18.1. The summed E-state index contributed by atoms with van der Waals surface area (Å²) in [5.41, 5.74) is 2.09. The van der Waals surface area contributed by atoms with Crippen molar-refractivity contribution in [1.82, 2.24) is 10.6 Å². The van der Waals surface area contributed by atoms with E-state index in [2.05, 4.69) is 10.6 Å². The molecule has 0 bridgehead atoms. The highest BCUT2D eigenvalue weighted by Crippen LogP contribution is 2.41. The molecule has 0 spiro atoms. The van der Waals surface area contributed by atoms with Crippen molar-refractivity contribution in [2.45, 2.75) is 45.7 Å². The number of hydrogen-bond acceptors (Lipinski definition) is 10.